The normalized spacial score (nSPS) is 23.1. The molecule has 1 aliphatic rings. The van der Waals surface area contributed by atoms with Gasteiger partial charge in [-0.05, 0) is 0 Å². The van der Waals surface area contributed by atoms with Crippen LogP contribution in [0.1, 0.15) is 0 Å². The highest BCUT2D eigenvalue weighted by Gasteiger charge is 2.32. The predicted molar refractivity (Wildman–Crippen MR) is 51.6 cm³/mol. The van der Waals surface area contributed by atoms with E-state index in [1.807, 2.05) is 0 Å². The quantitative estimate of drug-likeness (QED) is 0.531. The van der Waals surface area contributed by atoms with E-state index in [-0.39, 0.29) is 6.61 Å². The van der Waals surface area contributed by atoms with Crippen LogP contribution in [0.2, 0.25) is 0 Å². The molecule has 7 heteroatoms. The SMILES string of the molecule is COC(=O)C(OC1COCCS1)C(=O)O. The molecule has 0 aromatic heterocycles. The Morgan fingerprint density at radius 1 is 1.60 bits per heavy atom. The minimum atomic E-state index is -1.57. The first-order chi connectivity index (χ1) is 7.15. The highest BCUT2D eigenvalue weighted by molar-refractivity contribution is 7.99. The second-order valence-corrected chi connectivity index (χ2v) is 4.02. The van der Waals surface area contributed by atoms with Gasteiger partial charge >= 0.3 is 11.9 Å². The van der Waals surface area contributed by atoms with Gasteiger partial charge in [-0.25, -0.2) is 9.59 Å². The molecule has 0 amide bonds. The molecule has 1 saturated heterocycles. The summed E-state index contributed by atoms with van der Waals surface area (Å²) in [6.45, 7) is 0.895. The van der Waals surface area contributed by atoms with Gasteiger partial charge in [0.1, 0.15) is 5.44 Å². The van der Waals surface area contributed by atoms with Crippen LogP contribution in [0.25, 0.3) is 0 Å². The first-order valence-electron chi connectivity index (χ1n) is 4.30. The summed E-state index contributed by atoms with van der Waals surface area (Å²) in [6, 6.07) is 0. The molecule has 0 aromatic carbocycles. The molecule has 86 valence electrons. The van der Waals surface area contributed by atoms with Gasteiger partial charge in [0.2, 0.25) is 0 Å². The van der Waals surface area contributed by atoms with Gasteiger partial charge in [-0.2, -0.15) is 0 Å². The number of hydrogen-bond donors (Lipinski definition) is 1. The van der Waals surface area contributed by atoms with Crippen LogP contribution in [-0.2, 0) is 23.8 Å². The van der Waals surface area contributed by atoms with Gasteiger partial charge in [0, 0.05) is 5.75 Å². The maximum Gasteiger partial charge on any atom is 0.346 e. The number of carboxylic acids is 1. The largest absolute Gasteiger partial charge is 0.479 e. The summed E-state index contributed by atoms with van der Waals surface area (Å²) in [5, 5.41) is 8.73. The molecule has 15 heavy (non-hydrogen) atoms. The number of rotatable bonds is 4. The second kappa shape index (κ2) is 5.94. The summed E-state index contributed by atoms with van der Waals surface area (Å²) < 4.78 is 14.5. The van der Waals surface area contributed by atoms with Gasteiger partial charge in [-0.3, -0.25) is 0 Å². The molecule has 1 heterocycles. The zero-order valence-electron chi connectivity index (χ0n) is 8.17. The Hall–Kier alpha value is -0.790. The first-order valence-corrected chi connectivity index (χ1v) is 5.35. The van der Waals surface area contributed by atoms with Crippen LogP contribution in [0, 0.1) is 0 Å². The molecule has 0 aromatic rings. The van der Waals surface area contributed by atoms with Crippen molar-refractivity contribution in [2.45, 2.75) is 11.5 Å². The summed E-state index contributed by atoms with van der Waals surface area (Å²) in [6.07, 6.45) is -1.57. The fraction of sp³-hybridized carbons (Fsp3) is 0.750. The van der Waals surface area contributed by atoms with Gasteiger partial charge in [0.15, 0.2) is 0 Å². The number of aliphatic carboxylic acids is 1. The zero-order valence-corrected chi connectivity index (χ0v) is 8.99. The molecule has 0 bridgehead atoms. The lowest BCUT2D eigenvalue weighted by molar-refractivity contribution is -0.170. The number of ether oxygens (including phenoxy) is 3. The van der Waals surface area contributed by atoms with E-state index in [1.165, 1.54) is 11.8 Å². The highest BCUT2D eigenvalue weighted by atomic mass is 32.2. The third-order valence-corrected chi connectivity index (χ3v) is 2.73. The zero-order chi connectivity index (χ0) is 11.3. The Bertz CT molecular complexity index is 237. The first kappa shape index (κ1) is 12.3. The van der Waals surface area contributed by atoms with Crippen molar-refractivity contribution in [3.8, 4) is 0 Å². The van der Waals surface area contributed by atoms with Crippen molar-refractivity contribution in [2.24, 2.45) is 0 Å². The number of thioether (sulfide) groups is 1. The maximum absolute atomic E-state index is 11.0. The number of carbonyl (C=O) groups excluding carboxylic acids is 1. The van der Waals surface area contributed by atoms with Gasteiger partial charge in [0.25, 0.3) is 6.10 Å². The van der Waals surface area contributed by atoms with Crippen molar-refractivity contribution in [3.05, 3.63) is 0 Å². The Morgan fingerprint density at radius 3 is 2.80 bits per heavy atom. The lowest BCUT2D eigenvalue weighted by Gasteiger charge is -2.24. The average Bonchev–Trinajstić information content (AvgIpc) is 2.26. The second-order valence-electron chi connectivity index (χ2n) is 2.75. The number of carbonyl (C=O) groups is 2. The Kier molecular flexibility index (Phi) is 4.86. The molecular weight excluding hydrogens is 224 g/mol. The minimum Gasteiger partial charge on any atom is -0.479 e. The molecule has 1 N–H and O–H groups in total. The molecule has 0 spiro atoms. The third kappa shape index (κ3) is 3.69. The molecule has 0 saturated carbocycles. The molecule has 1 aliphatic heterocycles. The Labute approximate surface area is 90.9 Å². The van der Waals surface area contributed by atoms with E-state index in [1.54, 1.807) is 0 Å². The molecule has 6 nitrogen and oxygen atoms in total. The monoisotopic (exact) mass is 236 g/mol. The fourth-order valence-electron chi connectivity index (χ4n) is 1.02. The standard InChI is InChI=1S/C8H12O6S/c1-12-8(11)6(7(9)10)14-5-4-13-2-3-15-5/h5-6H,2-4H2,1H3,(H,9,10). The predicted octanol–water partition coefficient (Wildman–Crippen LogP) is -0.281. The number of hydrogen-bond acceptors (Lipinski definition) is 6. The van der Waals surface area contributed by atoms with Crippen molar-refractivity contribution >= 4 is 23.7 Å². The maximum atomic E-state index is 11.0. The molecule has 0 radical (unpaired) electrons. The van der Waals surface area contributed by atoms with Gasteiger partial charge in [0.05, 0.1) is 20.3 Å². The van der Waals surface area contributed by atoms with Crippen molar-refractivity contribution in [1.29, 1.82) is 0 Å². The van der Waals surface area contributed by atoms with E-state index < -0.39 is 23.5 Å². The van der Waals surface area contributed by atoms with E-state index in [0.29, 0.717) is 6.61 Å². The molecule has 1 rings (SSSR count). The smallest absolute Gasteiger partial charge is 0.346 e. The van der Waals surface area contributed by atoms with Crippen molar-refractivity contribution in [2.75, 3.05) is 26.1 Å². The summed E-state index contributed by atoms with van der Waals surface area (Å²) >= 11 is 1.42. The molecule has 2 atom stereocenters. The van der Waals surface area contributed by atoms with Gasteiger partial charge in [-0.1, -0.05) is 0 Å². The van der Waals surface area contributed by atoms with Gasteiger partial charge < -0.3 is 19.3 Å². The van der Waals surface area contributed by atoms with Crippen molar-refractivity contribution < 1.29 is 28.9 Å². The van der Waals surface area contributed by atoms with Crippen molar-refractivity contribution in [3.63, 3.8) is 0 Å². The van der Waals surface area contributed by atoms with Gasteiger partial charge in [-0.15, -0.1) is 11.8 Å². The van der Waals surface area contributed by atoms with E-state index in [4.69, 9.17) is 14.6 Å². The van der Waals surface area contributed by atoms with Crippen LogP contribution in [0.4, 0.5) is 0 Å². The van der Waals surface area contributed by atoms with Crippen LogP contribution in [-0.4, -0.2) is 54.7 Å². The van der Waals surface area contributed by atoms with Crippen molar-refractivity contribution in [1.82, 2.24) is 0 Å². The molecule has 2 unspecified atom stereocenters. The summed E-state index contributed by atoms with van der Waals surface area (Å²) in [7, 11) is 1.12. The highest BCUT2D eigenvalue weighted by Crippen LogP contribution is 2.19. The molecule has 1 fully saturated rings. The number of esters is 1. The van der Waals surface area contributed by atoms with Crippen LogP contribution < -0.4 is 0 Å². The van der Waals surface area contributed by atoms with Crippen LogP contribution in [0.3, 0.4) is 0 Å². The van der Waals surface area contributed by atoms with Crippen LogP contribution in [0.5, 0.6) is 0 Å². The van der Waals surface area contributed by atoms with E-state index >= 15 is 0 Å². The number of methoxy groups -OCH3 is 1. The fourth-order valence-corrected chi connectivity index (χ4v) is 1.88. The third-order valence-electron chi connectivity index (χ3n) is 1.71. The molecule has 0 aliphatic carbocycles. The lowest BCUT2D eigenvalue weighted by atomic mass is 10.3. The van der Waals surface area contributed by atoms with Crippen LogP contribution in [0.15, 0.2) is 0 Å². The van der Waals surface area contributed by atoms with E-state index in [9.17, 15) is 9.59 Å². The lowest BCUT2D eigenvalue weighted by Crippen LogP contribution is -2.39. The molecular formula is C8H12O6S. The average molecular weight is 236 g/mol. The summed E-state index contributed by atoms with van der Waals surface area (Å²) in [4.78, 5) is 21.7. The van der Waals surface area contributed by atoms with E-state index in [2.05, 4.69) is 4.74 Å². The minimum absolute atomic E-state index is 0.283. The topological polar surface area (TPSA) is 82.1 Å². The van der Waals surface area contributed by atoms with Crippen LogP contribution >= 0.6 is 11.8 Å². The number of carboxylic acid groups (broad SMARTS) is 1. The summed E-state index contributed by atoms with van der Waals surface area (Å²) in [5.41, 5.74) is -0.432. The Balaban J connectivity index is 2.49. The summed E-state index contributed by atoms with van der Waals surface area (Å²) in [5.74, 6) is -1.54. The van der Waals surface area contributed by atoms with E-state index in [0.717, 1.165) is 12.9 Å². The Morgan fingerprint density at radius 2 is 2.33 bits per heavy atom.